The summed E-state index contributed by atoms with van der Waals surface area (Å²) in [4.78, 5) is 3.63. The van der Waals surface area contributed by atoms with Gasteiger partial charge in [-0.05, 0) is 44.7 Å². The molecule has 0 saturated heterocycles. The van der Waals surface area contributed by atoms with Gasteiger partial charge in [0, 0.05) is 17.8 Å². The molecule has 0 saturated carbocycles. The zero-order valence-electron chi connectivity index (χ0n) is 13.1. The van der Waals surface area contributed by atoms with Gasteiger partial charge >= 0.3 is 0 Å². The molecule has 0 radical (unpaired) electrons. The molecule has 0 aromatic carbocycles. The SMILES string of the molecule is C=N/C(C#N)=C\C(=C/C)C/C=C/C(C(=N)CN)=C(N)\C=C/C. The number of nitriles is 1. The van der Waals surface area contributed by atoms with Gasteiger partial charge in [-0.2, -0.15) is 5.26 Å². The second-order valence-corrected chi connectivity index (χ2v) is 4.32. The maximum Gasteiger partial charge on any atom is 0.139 e. The number of aliphatic imine (C=N–C) groups is 1. The fourth-order valence-electron chi connectivity index (χ4n) is 1.61. The molecule has 22 heavy (non-hydrogen) atoms. The number of allylic oxidation sites excluding steroid dienone is 8. The lowest BCUT2D eigenvalue weighted by atomic mass is 10.0. The molecule has 0 amide bonds. The minimum atomic E-state index is 0.118. The van der Waals surface area contributed by atoms with Gasteiger partial charge in [0.1, 0.15) is 11.8 Å². The fourth-order valence-corrected chi connectivity index (χ4v) is 1.61. The molecule has 0 bridgehead atoms. The van der Waals surface area contributed by atoms with E-state index in [1.807, 2.05) is 38.1 Å². The first kappa shape index (κ1) is 19.3. The maximum atomic E-state index is 8.85. The molecule has 0 aliphatic rings. The molecule has 0 aromatic heterocycles. The van der Waals surface area contributed by atoms with Crippen LogP contribution in [-0.4, -0.2) is 19.0 Å². The van der Waals surface area contributed by atoms with Gasteiger partial charge in [-0.1, -0.05) is 24.3 Å². The van der Waals surface area contributed by atoms with E-state index in [0.29, 0.717) is 17.7 Å². The first-order chi connectivity index (χ1) is 10.5. The highest BCUT2D eigenvalue weighted by Crippen LogP contribution is 2.11. The molecule has 0 rings (SSSR count). The lowest BCUT2D eigenvalue weighted by Gasteiger charge is -2.05. The van der Waals surface area contributed by atoms with Crippen LogP contribution in [0, 0.1) is 16.7 Å². The molecule has 0 aliphatic carbocycles. The van der Waals surface area contributed by atoms with Gasteiger partial charge < -0.3 is 16.9 Å². The highest BCUT2D eigenvalue weighted by Gasteiger charge is 2.03. The van der Waals surface area contributed by atoms with Gasteiger partial charge in [0.15, 0.2) is 0 Å². The van der Waals surface area contributed by atoms with E-state index in [1.165, 1.54) is 0 Å². The summed E-state index contributed by atoms with van der Waals surface area (Å²) in [5.74, 6) is 0. The molecule has 0 aromatic rings. The van der Waals surface area contributed by atoms with E-state index in [4.69, 9.17) is 22.1 Å². The topological polar surface area (TPSA) is 112 Å². The summed E-state index contributed by atoms with van der Waals surface area (Å²) >= 11 is 0. The van der Waals surface area contributed by atoms with Crippen LogP contribution >= 0.6 is 0 Å². The summed E-state index contributed by atoms with van der Waals surface area (Å²) < 4.78 is 0. The lowest BCUT2D eigenvalue weighted by Crippen LogP contribution is -2.17. The molecule has 0 aliphatic heterocycles. The van der Waals surface area contributed by atoms with Crippen LogP contribution in [-0.2, 0) is 0 Å². The lowest BCUT2D eigenvalue weighted by molar-refractivity contribution is 1.22. The minimum Gasteiger partial charge on any atom is -0.398 e. The van der Waals surface area contributed by atoms with Crippen LogP contribution in [0.25, 0.3) is 0 Å². The van der Waals surface area contributed by atoms with Crippen LogP contribution in [0.15, 0.2) is 64.0 Å². The Morgan fingerprint density at radius 3 is 2.50 bits per heavy atom. The number of nitrogens with two attached hydrogens (primary N) is 2. The summed E-state index contributed by atoms with van der Waals surface area (Å²) in [6, 6.07) is 1.96. The van der Waals surface area contributed by atoms with Crippen molar-refractivity contribution in [2.75, 3.05) is 6.54 Å². The van der Waals surface area contributed by atoms with Gasteiger partial charge in [0.25, 0.3) is 0 Å². The largest absolute Gasteiger partial charge is 0.398 e. The Morgan fingerprint density at radius 2 is 2.05 bits per heavy atom. The molecular weight excluding hydrogens is 274 g/mol. The molecule has 5 N–H and O–H groups in total. The third kappa shape index (κ3) is 6.64. The van der Waals surface area contributed by atoms with Crippen molar-refractivity contribution in [1.29, 1.82) is 10.7 Å². The minimum absolute atomic E-state index is 0.118. The summed E-state index contributed by atoms with van der Waals surface area (Å²) in [7, 11) is 0. The van der Waals surface area contributed by atoms with Crippen LogP contribution in [0.5, 0.6) is 0 Å². The van der Waals surface area contributed by atoms with Crippen LogP contribution in [0.2, 0.25) is 0 Å². The van der Waals surface area contributed by atoms with E-state index >= 15 is 0 Å². The Morgan fingerprint density at radius 1 is 1.36 bits per heavy atom. The molecule has 0 unspecified atom stereocenters. The van der Waals surface area contributed by atoms with E-state index in [1.54, 1.807) is 18.2 Å². The van der Waals surface area contributed by atoms with Crippen molar-refractivity contribution in [3.8, 4) is 6.07 Å². The molecular formula is C17H23N5. The second-order valence-electron chi connectivity index (χ2n) is 4.32. The zero-order valence-corrected chi connectivity index (χ0v) is 13.1. The monoisotopic (exact) mass is 297 g/mol. The van der Waals surface area contributed by atoms with Crippen molar-refractivity contribution < 1.29 is 0 Å². The van der Waals surface area contributed by atoms with Crippen molar-refractivity contribution in [2.24, 2.45) is 16.5 Å². The summed E-state index contributed by atoms with van der Waals surface area (Å²) in [6.45, 7) is 7.20. The molecule has 0 spiro atoms. The third-order valence-corrected chi connectivity index (χ3v) is 2.80. The molecule has 0 fully saturated rings. The maximum absolute atomic E-state index is 8.85. The Kier molecular flexibility index (Phi) is 9.65. The molecule has 5 heteroatoms. The Labute approximate surface area is 132 Å². The second kappa shape index (κ2) is 11.0. The molecule has 116 valence electrons. The number of nitrogens with one attached hydrogen (secondary N) is 1. The third-order valence-electron chi connectivity index (χ3n) is 2.80. The molecule has 0 atom stereocenters. The first-order valence-electron chi connectivity index (χ1n) is 6.84. The smallest absolute Gasteiger partial charge is 0.139 e. The number of hydrogen-bond donors (Lipinski definition) is 3. The van der Waals surface area contributed by atoms with Crippen molar-refractivity contribution >= 4 is 12.4 Å². The van der Waals surface area contributed by atoms with Gasteiger partial charge in [-0.3, -0.25) is 4.99 Å². The van der Waals surface area contributed by atoms with Crippen LogP contribution in [0.1, 0.15) is 20.3 Å². The normalized spacial score (nSPS) is 14.1. The quantitative estimate of drug-likeness (QED) is 0.364. The number of nitrogens with zero attached hydrogens (tertiary/aromatic N) is 2. The standard InChI is InChI=1S/C17H23N5/c1-4-7-16(20)15(17(21)12-19)9-6-8-13(5-2)10-14(11-18)22-3/h4-7,9-10,21H,3,8,12,19-20H2,1-2H3/b7-4-,9-6+,13-5-,14-10-,16-15-,21-17?. The predicted octanol–water partition coefficient (Wildman–Crippen LogP) is 2.75. The number of hydrogen-bond acceptors (Lipinski definition) is 5. The highest BCUT2D eigenvalue weighted by atomic mass is 14.7. The average Bonchev–Trinajstić information content (AvgIpc) is 2.53. The Balaban J connectivity index is 5.27. The van der Waals surface area contributed by atoms with E-state index < -0.39 is 0 Å². The Bertz CT molecular complexity index is 595. The van der Waals surface area contributed by atoms with E-state index in [2.05, 4.69) is 11.7 Å². The zero-order chi connectivity index (χ0) is 17.0. The van der Waals surface area contributed by atoms with Gasteiger partial charge in [-0.15, -0.1) is 0 Å². The van der Waals surface area contributed by atoms with Crippen molar-refractivity contribution in [3.05, 3.63) is 59.0 Å². The average molecular weight is 297 g/mol. The van der Waals surface area contributed by atoms with Crippen LogP contribution < -0.4 is 11.5 Å². The van der Waals surface area contributed by atoms with Gasteiger partial charge in [0.2, 0.25) is 0 Å². The van der Waals surface area contributed by atoms with E-state index in [-0.39, 0.29) is 18.0 Å². The summed E-state index contributed by atoms with van der Waals surface area (Å²) in [6.07, 6.45) is 11.3. The van der Waals surface area contributed by atoms with Gasteiger partial charge in [0.05, 0.1) is 5.71 Å². The first-order valence-corrected chi connectivity index (χ1v) is 6.84. The summed E-state index contributed by atoms with van der Waals surface area (Å²) in [5, 5.41) is 16.7. The molecule has 0 heterocycles. The fraction of sp³-hybridized carbons (Fsp3) is 0.235. The van der Waals surface area contributed by atoms with Crippen molar-refractivity contribution in [3.63, 3.8) is 0 Å². The van der Waals surface area contributed by atoms with E-state index in [0.717, 1.165) is 5.57 Å². The van der Waals surface area contributed by atoms with Crippen LogP contribution in [0.4, 0.5) is 0 Å². The molecule has 5 nitrogen and oxygen atoms in total. The highest BCUT2D eigenvalue weighted by molar-refractivity contribution is 6.02. The van der Waals surface area contributed by atoms with E-state index in [9.17, 15) is 0 Å². The van der Waals surface area contributed by atoms with Crippen molar-refractivity contribution in [2.45, 2.75) is 20.3 Å². The van der Waals surface area contributed by atoms with Crippen molar-refractivity contribution in [1.82, 2.24) is 0 Å². The number of rotatable bonds is 8. The van der Waals surface area contributed by atoms with Crippen LogP contribution in [0.3, 0.4) is 0 Å². The summed E-state index contributed by atoms with van der Waals surface area (Å²) in [5.41, 5.74) is 14.0. The Hall–Kier alpha value is -2.71. The predicted molar refractivity (Wildman–Crippen MR) is 93.6 cm³/mol. The van der Waals surface area contributed by atoms with Gasteiger partial charge in [-0.25, -0.2) is 0 Å².